The van der Waals surface area contributed by atoms with Crippen molar-refractivity contribution in [3.05, 3.63) is 23.8 Å². The van der Waals surface area contributed by atoms with Crippen LogP contribution in [-0.2, 0) is 6.61 Å². The smallest absolute Gasteiger partial charge is 0.166 e. The maximum Gasteiger partial charge on any atom is 0.166 e. The Balaban J connectivity index is 2.86. The summed E-state index contributed by atoms with van der Waals surface area (Å²) in [6.07, 6.45) is 0. The second-order valence-electron chi connectivity index (χ2n) is 3.81. The highest BCUT2D eigenvalue weighted by Crippen LogP contribution is 2.31. The Labute approximate surface area is 90.6 Å². The zero-order chi connectivity index (χ0) is 11.3. The largest absolute Gasteiger partial charge is 0.492 e. The predicted molar refractivity (Wildman–Crippen MR) is 59.2 cm³/mol. The highest BCUT2D eigenvalue weighted by Gasteiger charge is 2.09. The Morgan fingerprint density at radius 1 is 1.33 bits per heavy atom. The lowest BCUT2D eigenvalue weighted by atomic mass is 10.2. The van der Waals surface area contributed by atoms with E-state index in [0.717, 1.165) is 5.56 Å². The molecule has 1 rings (SSSR count). The summed E-state index contributed by atoms with van der Waals surface area (Å²) in [6.45, 7) is 4.78. The molecule has 0 atom stereocenters. The summed E-state index contributed by atoms with van der Waals surface area (Å²) < 4.78 is 10.8. The number of hydrogen-bond donors (Lipinski definition) is 1. The van der Waals surface area contributed by atoms with Gasteiger partial charge in [-0.05, 0) is 12.0 Å². The maximum absolute atomic E-state index is 9.12. The van der Waals surface area contributed by atoms with Crippen LogP contribution < -0.4 is 9.47 Å². The molecular weight excluding hydrogens is 192 g/mol. The van der Waals surface area contributed by atoms with E-state index in [1.165, 1.54) is 0 Å². The molecule has 3 heteroatoms. The fraction of sp³-hybridized carbons (Fsp3) is 0.500. The molecule has 0 fully saturated rings. The van der Waals surface area contributed by atoms with E-state index in [-0.39, 0.29) is 6.61 Å². The Morgan fingerprint density at radius 3 is 2.60 bits per heavy atom. The van der Waals surface area contributed by atoms with Crippen LogP contribution in [0.4, 0.5) is 0 Å². The Hall–Kier alpha value is -1.22. The average molecular weight is 210 g/mol. The van der Waals surface area contributed by atoms with Crippen molar-refractivity contribution in [1.82, 2.24) is 0 Å². The quantitative estimate of drug-likeness (QED) is 0.810. The first kappa shape index (κ1) is 11.9. The number of benzene rings is 1. The number of para-hydroxylation sites is 1. The highest BCUT2D eigenvalue weighted by atomic mass is 16.5. The minimum Gasteiger partial charge on any atom is -0.492 e. The molecule has 0 aliphatic heterocycles. The van der Waals surface area contributed by atoms with Gasteiger partial charge >= 0.3 is 0 Å². The Kier molecular flexibility index (Phi) is 4.43. The summed E-state index contributed by atoms with van der Waals surface area (Å²) in [4.78, 5) is 0. The number of methoxy groups -OCH3 is 1. The second-order valence-corrected chi connectivity index (χ2v) is 3.81. The van der Waals surface area contributed by atoms with Gasteiger partial charge in [0.05, 0.1) is 20.3 Å². The third-order valence-corrected chi connectivity index (χ3v) is 2.01. The van der Waals surface area contributed by atoms with Crippen LogP contribution in [0.2, 0.25) is 0 Å². The second kappa shape index (κ2) is 5.61. The molecule has 1 aromatic carbocycles. The average Bonchev–Trinajstić information content (AvgIpc) is 2.25. The number of hydrogen-bond acceptors (Lipinski definition) is 3. The molecule has 0 aliphatic rings. The summed E-state index contributed by atoms with van der Waals surface area (Å²) >= 11 is 0. The van der Waals surface area contributed by atoms with Crippen molar-refractivity contribution in [1.29, 1.82) is 0 Å². The number of aliphatic hydroxyl groups is 1. The van der Waals surface area contributed by atoms with Gasteiger partial charge in [-0.2, -0.15) is 0 Å². The molecule has 0 bridgehead atoms. The molecule has 3 nitrogen and oxygen atoms in total. The molecule has 0 aromatic heterocycles. The zero-order valence-corrected chi connectivity index (χ0v) is 9.49. The number of rotatable bonds is 5. The lowest BCUT2D eigenvalue weighted by Gasteiger charge is -2.14. The molecule has 84 valence electrons. The van der Waals surface area contributed by atoms with E-state index < -0.39 is 0 Å². The third-order valence-electron chi connectivity index (χ3n) is 2.01. The van der Waals surface area contributed by atoms with Gasteiger partial charge in [-0.1, -0.05) is 26.0 Å². The number of ether oxygens (including phenoxy) is 2. The molecule has 0 amide bonds. The molecule has 0 heterocycles. The Morgan fingerprint density at radius 2 is 2.07 bits per heavy atom. The van der Waals surface area contributed by atoms with Gasteiger partial charge in [0.2, 0.25) is 0 Å². The van der Waals surface area contributed by atoms with E-state index in [9.17, 15) is 0 Å². The van der Waals surface area contributed by atoms with E-state index in [2.05, 4.69) is 13.8 Å². The van der Waals surface area contributed by atoms with E-state index in [4.69, 9.17) is 14.6 Å². The van der Waals surface area contributed by atoms with Gasteiger partial charge in [0, 0.05) is 5.56 Å². The predicted octanol–water partition coefficient (Wildman–Crippen LogP) is 2.22. The minimum absolute atomic E-state index is 0.0396. The molecule has 1 aromatic rings. The van der Waals surface area contributed by atoms with E-state index in [0.29, 0.717) is 24.0 Å². The molecule has 15 heavy (non-hydrogen) atoms. The monoisotopic (exact) mass is 210 g/mol. The van der Waals surface area contributed by atoms with Crippen molar-refractivity contribution in [2.45, 2.75) is 20.5 Å². The van der Waals surface area contributed by atoms with Crippen LogP contribution in [0.15, 0.2) is 18.2 Å². The first-order chi connectivity index (χ1) is 7.19. The summed E-state index contributed by atoms with van der Waals surface area (Å²) in [5.41, 5.74) is 0.749. The molecule has 0 spiro atoms. The molecule has 0 unspecified atom stereocenters. The normalized spacial score (nSPS) is 10.5. The summed E-state index contributed by atoms with van der Waals surface area (Å²) in [7, 11) is 1.58. The van der Waals surface area contributed by atoms with Crippen molar-refractivity contribution >= 4 is 0 Å². The SMILES string of the molecule is COc1c(CO)cccc1OCC(C)C. The standard InChI is InChI=1S/C12H18O3/c1-9(2)8-15-11-6-4-5-10(7-13)12(11)14-3/h4-6,9,13H,7-8H2,1-3H3. The van der Waals surface area contributed by atoms with Gasteiger partial charge in [-0.3, -0.25) is 0 Å². The van der Waals surface area contributed by atoms with Crippen LogP contribution in [-0.4, -0.2) is 18.8 Å². The van der Waals surface area contributed by atoms with Crippen LogP contribution in [0.1, 0.15) is 19.4 Å². The first-order valence-electron chi connectivity index (χ1n) is 5.08. The fourth-order valence-electron chi connectivity index (χ4n) is 1.29. The minimum atomic E-state index is -0.0396. The molecule has 0 aliphatic carbocycles. The van der Waals surface area contributed by atoms with Crippen LogP contribution in [0.25, 0.3) is 0 Å². The molecular formula is C12H18O3. The van der Waals surface area contributed by atoms with Crippen molar-refractivity contribution in [2.75, 3.05) is 13.7 Å². The van der Waals surface area contributed by atoms with Crippen LogP contribution in [0, 0.1) is 5.92 Å². The van der Waals surface area contributed by atoms with Gasteiger partial charge < -0.3 is 14.6 Å². The summed E-state index contributed by atoms with van der Waals surface area (Å²) in [6, 6.07) is 5.52. The lowest BCUT2D eigenvalue weighted by molar-refractivity contribution is 0.246. The third kappa shape index (κ3) is 3.13. The van der Waals surface area contributed by atoms with Gasteiger partial charge in [0.25, 0.3) is 0 Å². The van der Waals surface area contributed by atoms with Crippen LogP contribution >= 0.6 is 0 Å². The van der Waals surface area contributed by atoms with Gasteiger partial charge in [-0.25, -0.2) is 0 Å². The molecule has 0 radical (unpaired) electrons. The Bertz CT molecular complexity index is 308. The van der Waals surface area contributed by atoms with Crippen LogP contribution in [0.5, 0.6) is 11.5 Å². The van der Waals surface area contributed by atoms with Crippen molar-refractivity contribution in [2.24, 2.45) is 5.92 Å². The maximum atomic E-state index is 9.12. The summed E-state index contributed by atoms with van der Waals surface area (Å²) in [5.74, 6) is 1.78. The topological polar surface area (TPSA) is 38.7 Å². The van der Waals surface area contributed by atoms with Crippen molar-refractivity contribution in [3.8, 4) is 11.5 Å². The van der Waals surface area contributed by atoms with E-state index in [1.54, 1.807) is 7.11 Å². The lowest BCUT2D eigenvalue weighted by Crippen LogP contribution is -2.06. The molecule has 0 saturated carbocycles. The zero-order valence-electron chi connectivity index (χ0n) is 9.49. The molecule has 0 saturated heterocycles. The van der Waals surface area contributed by atoms with Crippen molar-refractivity contribution < 1.29 is 14.6 Å². The first-order valence-corrected chi connectivity index (χ1v) is 5.08. The van der Waals surface area contributed by atoms with Gasteiger partial charge in [0.1, 0.15) is 0 Å². The highest BCUT2D eigenvalue weighted by molar-refractivity contribution is 5.46. The van der Waals surface area contributed by atoms with Crippen molar-refractivity contribution in [3.63, 3.8) is 0 Å². The van der Waals surface area contributed by atoms with Gasteiger partial charge in [-0.15, -0.1) is 0 Å². The van der Waals surface area contributed by atoms with E-state index in [1.807, 2.05) is 18.2 Å². The number of aliphatic hydroxyl groups excluding tert-OH is 1. The van der Waals surface area contributed by atoms with Crippen LogP contribution in [0.3, 0.4) is 0 Å². The molecule has 1 N–H and O–H groups in total. The fourth-order valence-corrected chi connectivity index (χ4v) is 1.29. The van der Waals surface area contributed by atoms with Gasteiger partial charge in [0.15, 0.2) is 11.5 Å². The summed E-state index contributed by atoms with van der Waals surface area (Å²) in [5, 5.41) is 9.12. The van der Waals surface area contributed by atoms with E-state index >= 15 is 0 Å².